The zero-order chi connectivity index (χ0) is 14.7. The molecule has 0 atom stereocenters. The Morgan fingerprint density at radius 2 is 1.58 bits per heavy atom. The van der Waals surface area contributed by atoms with Crippen LogP contribution in [0.4, 0.5) is 0 Å². The van der Waals surface area contributed by atoms with Gasteiger partial charge in [-0.3, -0.25) is 4.79 Å². The Morgan fingerprint density at radius 1 is 1.05 bits per heavy atom. The first-order valence-electron chi connectivity index (χ1n) is 6.88. The fourth-order valence-electron chi connectivity index (χ4n) is 2.28. The Kier molecular flexibility index (Phi) is 4.73. The van der Waals surface area contributed by atoms with Crippen LogP contribution < -0.4 is 0 Å². The minimum atomic E-state index is -0.442. The number of carbonyl (C=O) groups is 1. The molecule has 0 aliphatic carbocycles. The molecule has 19 heavy (non-hydrogen) atoms. The van der Waals surface area contributed by atoms with Gasteiger partial charge in [0.15, 0.2) is 0 Å². The van der Waals surface area contributed by atoms with E-state index < -0.39 is 5.41 Å². The van der Waals surface area contributed by atoms with Crippen molar-refractivity contribution in [2.75, 3.05) is 0 Å². The number of ketones is 1. The number of hydrogen-bond acceptors (Lipinski definition) is 1. The molecule has 0 spiro atoms. The van der Waals surface area contributed by atoms with Crippen molar-refractivity contribution in [1.82, 2.24) is 0 Å². The van der Waals surface area contributed by atoms with Crippen LogP contribution in [0.15, 0.2) is 42.5 Å². The van der Waals surface area contributed by atoms with Gasteiger partial charge in [-0.15, -0.1) is 0 Å². The standard InChI is InChI=1S/C18H26O/c1-14(13-17(2,3)4)12-16(19)18(5,6)15-10-8-7-9-11-15/h7-11H,1,12-13H2,2-6H3. The summed E-state index contributed by atoms with van der Waals surface area (Å²) in [7, 11) is 0. The molecule has 1 nitrogen and oxygen atoms in total. The van der Waals surface area contributed by atoms with Gasteiger partial charge in [0.1, 0.15) is 5.78 Å². The van der Waals surface area contributed by atoms with Crippen LogP contribution in [0.25, 0.3) is 0 Å². The Balaban J connectivity index is 2.75. The lowest BCUT2D eigenvalue weighted by molar-refractivity contribution is -0.122. The predicted molar refractivity (Wildman–Crippen MR) is 82.3 cm³/mol. The maximum Gasteiger partial charge on any atom is 0.146 e. The highest BCUT2D eigenvalue weighted by molar-refractivity contribution is 5.90. The van der Waals surface area contributed by atoms with E-state index in [2.05, 4.69) is 27.4 Å². The number of allylic oxidation sites excluding steroid dienone is 1. The molecule has 0 aromatic heterocycles. The molecule has 0 fully saturated rings. The van der Waals surface area contributed by atoms with Crippen LogP contribution in [0, 0.1) is 5.41 Å². The molecule has 1 rings (SSSR count). The number of rotatable bonds is 5. The van der Waals surface area contributed by atoms with Crippen LogP contribution >= 0.6 is 0 Å². The first-order chi connectivity index (χ1) is 8.63. The van der Waals surface area contributed by atoms with E-state index in [1.165, 1.54) is 0 Å². The smallest absolute Gasteiger partial charge is 0.146 e. The van der Waals surface area contributed by atoms with Gasteiger partial charge in [0.25, 0.3) is 0 Å². The summed E-state index contributed by atoms with van der Waals surface area (Å²) in [6.45, 7) is 14.6. The summed E-state index contributed by atoms with van der Waals surface area (Å²) in [5, 5.41) is 0. The largest absolute Gasteiger partial charge is 0.298 e. The van der Waals surface area contributed by atoms with E-state index in [1.54, 1.807) is 0 Å². The van der Waals surface area contributed by atoms with Crippen LogP contribution in [-0.2, 0) is 10.2 Å². The average Bonchev–Trinajstić information content (AvgIpc) is 2.27. The zero-order valence-corrected chi connectivity index (χ0v) is 12.9. The Labute approximate surface area is 117 Å². The first-order valence-corrected chi connectivity index (χ1v) is 6.88. The van der Waals surface area contributed by atoms with E-state index >= 15 is 0 Å². The van der Waals surface area contributed by atoms with E-state index in [9.17, 15) is 4.79 Å². The van der Waals surface area contributed by atoms with Crippen LogP contribution in [0.5, 0.6) is 0 Å². The summed E-state index contributed by atoms with van der Waals surface area (Å²) in [5.41, 5.74) is 1.85. The monoisotopic (exact) mass is 258 g/mol. The Morgan fingerprint density at radius 3 is 2.05 bits per heavy atom. The van der Waals surface area contributed by atoms with E-state index in [-0.39, 0.29) is 11.2 Å². The quantitative estimate of drug-likeness (QED) is 0.685. The van der Waals surface area contributed by atoms with Gasteiger partial charge in [0.05, 0.1) is 0 Å². The van der Waals surface area contributed by atoms with Crippen molar-refractivity contribution in [2.45, 2.75) is 52.9 Å². The third-order valence-corrected chi connectivity index (χ3v) is 3.38. The molecule has 0 aliphatic heterocycles. The maximum absolute atomic E-state index is 12.5. The Hall–Kier alpha value is -1.37. The van der Waals surface area contributed by atoms with Crippen molar-refractivity contribution in [2.24, 2.45) is 5.41 Å². The molecule has 0 aliphatic rings. The van der Waals surface area contributed by atoms with Gasteiger partial charge in [0.2, 0.25) is 0 Å². The maximum atomic E-state index is 12.5. The van der Waals surface area contributed by atoms with Crippen LogP contribution in [0.1, 0.15) is 53.0 Å². The lowest BCUT2D eigenvalue weighted by Gasteiger charge is -2.26. The summed E-state index contributed by atoms with van der Waals surface area (Å²) < 4.78 is 0. The molecule has 0 unspecified atom stereocenters. The second-order valence-electron chi connectivity index (χ2n) is 7.08. The van der Waals surface area contributed by atoms with Gasteiger partial charge in [-0.1, -0.05) is 63.3 Å². The minimum Gasteiger partial charge on any atom is -0.298 e. The number of benzene rings is 1. The first kappa shape index (κ1) is 15.7. The lowest BCUT2D eigenvalue weighted by Crippen LogP contribution is -2.29. The van der Waals surface area contributed by atoms with E-state index in [0.29, 0.717) is 6.42 Å². The minimum absolute atomic E-state index is 0.189. The highest BCUT2D eigenvalue weighted by Crippen LogP contribution is 2.30. The summed E-state index contributed by atoms with van der Waals surface area (Å²) in [5.74, 6) is 0.243. The topological polar surface area (TPSA) is 17.1 Å². The molecule has 0 amide bonds. The number of carbonyl (C=O) groups excluding carboxylic acids is 1. The van der Waals surface area contributed by atoms with Gasteiger partial charge in [-0.05, 0) is 31.2 Å². The molecule has 104 valence electrons. The van der Waals surface area contributed by atoms with Crippen LogP contribution in [0.3, 0.4) is 0 Å². The van der Waals surface area contributed by atoms with Crippen molar-refractivity contribution >= 4 is 5.78 Å². The van der Waals surface area contributed by atoms with Crippen molar-refractivity contribution in [3.63, 3.8) is 0 Å². The van der Waals surface area contributed by atoms with Crippen LogP contribution in [-0.4, -0.2) is 5.78 Å². The summed E-state index contributed by atoms with van der Waals surface area (Å²) in [6, 6.07) is 9.97. The fourth-order valence-corrected chi connectivity index (χ4v) is 2.28. The van der Waals surface area contributed by atoms with Crippen molar-refractivity contribution < 1.29 is 4.79 Å². The van der Waals surface area contributed by atoms with Crippen LogP contribution in [0.2, 0.25) is 0 Å². The average molecular weight is 258 g/mol. The number of Topliss-reactive ketones (excluding diaryl/α,β-unsaturated/α-hetero) is 1. The second-order valence-corrected chi connectivity index (χ2v) is 7.08. The lowest BCUT2D eigenvalue weighted by atomic mass is 9.77. The van der Waals surface area contributed by atoms with E-state index in [4.69, 9.17) is 0 Å². The molecular formula is C18H26O. The number of hydrogen-bond donors (Lipinski definition) is 0. The normalized spacial score (nSPS) is 12.3. The van der Waals surface area contributed by atoms with Gasteiger partial charge >= 0.3 is 0 Å². The molecule has 0 saturated heterocycles. The molecule has 1 aromatic carbocycles. The molecule has 0 saturated carbocycles. The van der Waals surface area contributed by atoms with Gasteiger partial charge in [-0.25, -0.2) is 0 Å². The van der Waals surface area contributed by atoms with Crippen molar-refractivity contribution in [1.29, 1.82) is 0 Å². The molecule has 1 heteroatoms. The van der Waals surface area contributed by atoms with Gasteiger partial charge in [-0.2, -0.15) is 0 Å². The fraction of sp³-hybridized carbons (Fsp3) is 0.500. The molecule has 0 bridgehead atoms. The molecule has 0 heterocycles. The molecular weight excluding hydrogens is 232 g/mol. The third-order valence-electron chi connectivity index (χ3n) is 3.38. The van der Waals surface area contributed by atoms with Crippen molar-refractivity contribution in [3.8, 4) is 0 Å². The summed E-state index contributed by atoms with van der Waals surface area (Å²) in [4.78, 5) is 12.5. The zero-order valence-electron chi connectivity index (χ0n) is 12.9. The predicted octanol–water partition coefficient (Wildman–Crippen LogP) is 4.92. The summed E-state index contributed by atoms with van der Waals surface area (Å²) in [6.07, 6.45) is 1.36. The van der Waals surface area contributed by atoms with E-state index in [1.807, 2.05) is 44.2 Å². The van der Waals surface area contributed by atoms with E-state index in [0.717, 1.165) is 17.6 Å². The molecule has 0 N–H and O–H groups in total. The van der Waals surface area contributed by atoms with Gasteiger partial charge in [0, 0.05) is 11.8 Å². The highest BCUT2D eigenvalue weighted by Gasteiger charge is 2.29. The highest BCUT2D eigenvalue weighted by atomic mass is 16.1. The summed E-state index contributed by atoms with van der Waals surface area (Å²) >= 11 is 0. The van der Waals surface area contributed by atoms with Crippen molar-refractivity contribution in [3.05, 3.63) is 48.0 Å². The Bertz CT molecular complexity index is 446. The molecule has 0 radical (unpaired) electrons. The van der Waals surface area contributed by atoms with Gasteiger partial charge < -0.3 is 0 Å². The molecule has 1 aromatic rings. The second kappa shape index (κ2) is 5.73. The SMILES string of the molecule is C=C(CC(=O)C(C)(C)c1ccccc1)CC(C)(C)C. The third kappa shape index (κ3) is 4.66.